The topological polar surface area (TPSA) is 70.5 Å². The summed E-state index contributed by atoms with van der Waals surface area (Å²) in [4.78, 5) is 10.8. The van der Waals surface area contributed by atoms with Crippen molar-refractivity contribution in [2.24, 2.45) is 0 Å². The number of hydrogen-bond acceptors (Lipinski definition) is 6. The van der Waals surface area contributed by atoms with Gasteiger partial charge in [-0.25, -0.2) is 4.98 Å². The molecular formula is C18H24N4O2. The van der Waals surface area contributed by atoms with Gasteiger partial charge in [0.25, 0.3) is 0 Å². The van der Waals surface area contributed by atoms with Crippen LogP contribution in [0, 0.1) is 0 Å². The Morgan fingerprint density at radius 3 is 2.62 bits per heavy atom. The molecule has 6 nitrogen and oxygen atoms in total. The number of hydrogen-bond donors (Lipinski definition) is 2. The van der Waals surface area contributed by atoms with Crippen molar-refractivity contribution >= 4 is 5.69 Å². The van der Waals surface area contributed by atoms with E-state index in [1.165, 1.54) is 5.56 Å². The number of aliphatic hydroxyl groups is 1. The lowest BCUT2D eigenvalue weighted by Gasteiger charge is -2.32. The second-order valence-electron chi connectivity index (χ2n) is 6.01. The Morgan fingerprint density at radius 1 is 1.17 bits per heavy atom. The Labute approximate surface area is 142 Å². The molecule has 2 aromatic heterocycles. The molecule has 0 unspecified atom stereocenters. The maximum atomic E-state index is 8.74. The Hall–Kier alpha value is -2.18. The van der Waals surface area contributed by atoms with Crippen molar-refractivity contribution in [3.05, 3.63) is 48.4 Å². The number of ether oxygens (including phenoxy) is 1. The van der Waals surface area contributed by atoms with Crippen LogP contribution in [0.25, 0.3) is 0 Å². The molecule has 6 heteroatoms. The molecule has 0 atom stereocenters. The van der Waals surface area contributed by atoms with Crippen LogP contribution in [-0.4, -0.2) is 52.3 Å². The van der Waals surface area contributed by atoms with Gasteiger partial charge in [0.15, 0.2) is 0 Å². The Kier molecular flexibility index (Phi) is 5.98. The first-order valence-corrected chi connectivity index (χ1v) is 8.41. The van der Waals surface area contributed by atoms with Gasteiger partial charge in [0.2, 0.25) is 5.88 Å². The van der Waals surface area contributed by atoms with Crippen molar-refractivity contribution < 1.29 is 9.84 Å². The van der Waals surface area contributed by atoms with Gasteiger partial charge in [-0.05, 0) is 36.6 Å². The van der Waals surface area contributed by atoms with Crippen LogP contribution in [0.1, 0.15) is 18.4 Å². The van der Waals surface area contributed by atoms with E-state index in [2.05, 4.69) is 32.3 Å². The summed E-state index contributed by atoms with van der Waals surface area (Å²) in [6, 6.07) is 8.44. The molecule has 1 aliphatic heterocycles. The lowest BCUT2D eigenvalue weighted by Crippen LogP contribution is -2.38. The van der Waals surface area contributed by atoms with Crippen molar-refractivity contribution in [2.45, 2.75) is 25.4 Å². The third kappa shape index (κ3) is 4.91. The van der Waals surface area contributed by atoms with E-state index in [4.69, 9.17) is 9.84 Å². The highest BCUT2D eigenvalue weighted by molar-refractivity contribution is 5.43. The summed E-state index contributed by atoms with van der Waals surface area (Å²) in [5.41, 5.74) is 2.33. The highest BCUT2D eigenvalue weighted by Gasteiger charge is 2.19. The van der Waals surface area contributed by atoms with E-state index in [0.29, 0.717) is 11.9 Å². The zero-order valence-corrected chi connectivity index (χ0v) is 13.8. The maximum Gasteiger partial charge on any atom is 0.213 e. The predicted octanol–water partition coefficient (Wildman–Crippen LogP) is 1.92. The summed E-state index contributed by atoms with van der Waals surface area (Å²) in [5.74, 6) is 0.543. The van der Waals surface area contributed by atoms with Crippen LogP contribution in [0.15, 0.2) is 42.9 Å². The van der Waals surface area contributed by atoms with Crippen LogP contribution in [-0.2, 0) is 6.54 Å². The second kappa shape index (κ2) is 8.61. The average molecular weight is 328 g/mol. The van der Waals surface area contributed by atoms with Crippen molar-refractivity contribution in [3.63, 3.8) is 0 Å². The van der Waals surface area contributed by atoms with E-state index >= 15 is 0 Å². The zero-order chi connectivity index (χ0) is 16.6. The van der Waals surface area contributed by atoms with E-state index in [1.807, 2.05) is 24.5 Å². The molecule has 0 radical (unpaired) electrons. The zero-order valence-electron chi connectivity index (χ0n) is 13.8. The minimum absolute atomic E-state index is 0.000249. The third-order valence-corrected chi connectivity index (χ3v) is 4.19. The van der Waals surface area contributed by atoms with Crippen molar-refractivity contribution in [3.8, 4) is 5.88 Å². The molecule has 0 aromatic carbocycles. The Balaban J connectivity index is 1.43. The van der Waals surface area contributed by atoms with Crippen LogP contribution >= 0.6 is 0 Å². The molecule has 1 fully saturated rings. The highest BCUT2D eigenvalue weighted by Crippen LogP contribution is 2.19. The molecule has 0 amide bonds. The standard InChI is InChI=1S/C18H24N4O2/c23-11-12-24-18-2-1-17(13-20-18)21-16-5-9-22(10-6-16)14-15-3-7-19-8-4-15/h1-4,7-8,13,16,21,23H,5-6,9-12,14H2. The van der Waals surface area contributed by atoms with Gasteiger partial charge in [0.1, 0.15) is 6.61 Å². The third-order valence-electron chi connectivity index (χ3n) is 4.19. The van der Waals surface area contributed by atoms with E-state index in [9.17, 15) is 0 Å². The van der Waals surface area contributed by atoms with Crippen LogP contribution in [0.4, 0.5) is 5.69 Å². The van der Waals surface area contributed by atoms with Gasteiger partial charge in [-0.3, -0.25) is 9.88 Å². The smallest absolute Gasteiger partial charge is 0.213 e. The Morgan fingerprint density at radius 2 is 1.96 bits per heavy atom. The predicted molar refractivity (Wildman–Crippen MR) is 93.0 cm³/mol. The van der Waals surface area contributed by atoms with Crippen LogP contribution in [0.5, 0.6) is 5.88 Å². The van der Waals surface area contributed by atoms with E-state index in [1.54, 1.807) is 6.20 Å². The summed E-state index contributed by atoms with van der Waals surface area (Å²) in [6.45, 7) is 3.44. The van der Waals surface area contributed by atoms with E-state index < -0.39 is 0 Å². The average Bonchev–Trinajstić information content (AvgIpc) is 2.64. The van der Waals surface area contributed by atoms with Crippen molar-refractivity contribution in [2.75, 3.05) is 31.6 Å². The number of anilines is 1. The van der Waals surface area contributed by atoms with Gasteiger partial charge in [-0.2, -0.15) is 0 Å². The fourth-order valence-electron chi connectivity index (χ4n) is 2.92. The molecular weight excluding hydrogens is 304 g/mol. The molecule has 0 spiro atoms. The monoisotopic (exact) mass is 328 g/mol. The highest BCUT2D eigenvalue weighted by atomic mass is 16.5. The molecule has 1 aliphatic rings. The quantitative estimate of drug-likeness (QED) is 0.809. The summed E-state index contributed by atoms with van der Waals surface area (Å²) in [5, 5.41) is 12.3. The van der Waals surface area contributed by atoms with Crippen LogP contribution in [0.2, 0.25) is 0 Å². The number of nitrogens with zero attached hydrogens (tertiary/aromatic N) is 3. The molecule has 24 heavy (non-hydrogen) atoms. The molecule has 0 aliphatic carbocycles. The van der Waals surface area contributed by atoms with Crippen LogP contribution < -0.4 is 10.1 Å². The first kappa shape index (κ1) is 16.7. The first-order chi connectivity index (χ1) is 11.8. The summed E-state index contributed by atoms with van der Waals surface area (Å²) >= 11 is 0. The minimum Gasteiger partial charge on any atom is -0.475 e. The van der Waals surface area contributed by atoms with Gasteiger partial charge in [-0.1, -0.05) is 0 Å². The number of likely N-dealkylation sites (tertiary alicyclic amines) is 1. The fraction of sp³-hybridized carbons (Fsp3) is 0.444. The van der Waals surface area contributed by atoms with Crippen molar-refractivity contribution in [1.29, 1.82) is 0 Å². The van der Waals surface area contributed by atoms with Crippen LogP contribution in [0.3, 0.4) is 0 Å². The summed E-state index contributed by atoms with van der Waals surface area (Å²) in [6.07, 6.45) is 7.73. The lowest BCUT2D eigenvalue weighted by atomic mass is 10.0. The number of nitrogens with one attached hydrogen (secondary N) is 1. The molecule has 2 aromatic rings. The van der Waals surface area contributed by atoms with Gasteiger partial charge < -0.3 is 15.2 Å². The number of aliphatic hydroxyl groups excluding tert-OH is 1. The molecule has 0 saturated carbocycles. The molecule has 1 saturated heterocycles. The minimum atomic E-state index is -0.000249. The molecule has 3 heterocycles. The number of pyridine rings is 2. The largest absolute Gasteiger partial charge is 0.475 e. The first-order valence-electron chi connectivity index (χ1n) is 8.41. The number of rotatable bonds is 7. The summed E-state index contributed by atoms with van der Waals surface area (Å²) in [7, 11) is 0. The lowest BCUT2D eigenvalue weighted by molar-refractivity contribution is 0.196. The summed E-state index contributed by atoms with van der Waals surface area (Å²) < 4.78 is 5.27. The molecule has 2 N–H and O–H groups in total. The number of aromatic nitrogens is 2. The fourth-order valence-corrected chi connectivity index (χ4v) is 2.92. The van der Waals surface area contributed by atoms with Gasteiger partial charge in [0.05, 0.1) is 18.5 Å². The number of piperidine rings is 1. The molecule has 128 valence electrons. The van der Waals surface area contributed by atoms with Gasteiger partial charge >= 0.3 is 0 Å². The van der Waals surface area contributed by atoms with Crippen molar-refractivity contribution in [1.82, 2.24) is 14.9 Å². The maximum absolute atomic E-state index is 8.74. The Bertz CT molecular complexity index is 598. The second-order valence-corrected chi connectivity index (χ2v) is 6.01. The van der Waals surface area contributed by atoms with E-state index in [0.717, 1.165) is 38.2 Å². The van der Waals surface area contributed by atoms with Gasteiger partial charge in [-0.15, -0.1) is 0 Å². The van der Waals surface area contributed by atoms with E-state index in [-0.39, 0.29) is 13.2 Å². The molecule has 3 rings (SSSR count). The van der Waals surface area contributed by atoms with Gasteiger partial charge in [0, 0.05) is 44.1 Å². The molecule has 0 bridgehead atoms. The SMILES string of the molecule is OCCOc1ccc(NC2CCN(Cc3ccncc3)CC2)cn1. The normalized spacial score (nSPS) is 16.0.